The van der Waals surface area contributed by atoms with Crippen LogP contribution in [0.1, 0.15) is 61.6 Å². The van der Waals surface area contributed by atoms with Crippen molar-refractivity contribution < 1.29 is 19.4 Å². The van der Waals surface area contributed by atoms with E-state index < -0.39 is 17.7 Å². The van der Waals surface area contributed by atoms with Crippen molar-refractivity contribution in [2.45, 2.75) is 58.6 Å². The molecule has 0 aliphatic carbocycles. The van der Waals surface area contributed by atoms with E-state index in [1.54, 1.807) is 24.3 Å². The van der Waals surface area contributed by atoms with E-state index in [9.17, 15) is 14.7 Å². The molecule has 5 rings (SSSR count). The minimum atomic E-state index is -0.809. The van der Waals surface area contributed by atoms with Crippen LogP contribution >= 0.6 is 11.6 Å². The molecule has 3 aromatic carbocycles. The van der Waals surface area contributed by atoms with Crippen LogP contribution in [-0.2, 0) is 21.4 Å². The Hall–Kier alpha value is -3.57. The molecule has 1 saturated heterocycles. The predicted molar refractivity (Wildman–Crippen MR) is 146 cm³/mol. The number of benzene rings is 3. The first-order chi connectivity index (χ1) is 17.5. The number of aryl methyl sites for hydroxylation is 1. The van der Waals surface area contributed by atoms with Gasteiger partial charge in [0.2, 0.25) is 0 Å². The molecule has 3 aromatic rings. The molecule has 2 heterocycles. The summed E-state index contributed by atoms with van der Waals surface area (Å²) in [7, 11) is 0. The SMILES string of the molecule is Cc1ccc(N2C(=O)C(=O)/C(=C(\O)c3ccc4c(c3)CC(C)O4)C2c2ccc(C(C)(C)C)cc2)cc1Cl. The normalized spacial score (nSPS) is 20.8. The largest absolute Gasteiger partial charge is 0.507 e. The lowest BCUT2D eigenvalue weighted by Crippen LogP contribution is -2.29. The Bertz CT molecular complexity index is 1450. The second kappa shape index (κ2) is 9.07. The third-order valence-electron chi connectivity index (χ3n) is 7.14. The van der Waals surface area contributed by atoms with Crippen molar-refractivity contribution in [2.24, 2.45) is 0 Å². The Kier molecular flexibility index (Phi) is 6.15. The number of aliphatic hydroxyl groups is 1. The van der Waals surface area contributed by atoms with Gasteiger partial charge in [0.15, 0.2) is 0 Å². The van der Waals surface area contributed by atoms with E-state index in [1.807, 2.05) is 50.2 Å². The molecule has 190 valence electrons. The van der Waals surface area contributed by atoms with Gasteiger partial charge >= 0.3 is 0 Å². The van der Waals surface area contributed by atoms with Crippen LogP contribution in [0.3, 0.4) is 0 Å². The minimum Gasteiger partial charge on any atom is -0.507 e. The Labute approximate surface area is 222 Å². The van der Waals surface area contributed by atoms with Gasteiger partial charge in [-0.25, -0.2) is 0 Å². The number of amides is 1. The van der Waals surface area contributed by atoms with E-state index in [0.717, 1.165) is 28.0 Å². The second-order valence-electron chi connectivity index (χ2n) is 10.9. The van der Waals surface area contributed by atoms with Crippen molar-refractivity contribution in [3.63, 3.8) is 0 Å². The van der Waals surface area contributed by atoms with Crippen molar-refractivity contribution in [2.75, 3.05) is 4.90 Å². The van der Waals surface area contributed by atoms with Gasteiger partial charge in [-0.05, 0) is 71.8 Å². The first kappa shape index (κ1) is 25.1. The molecule has 37 heavy (non-hydrogen) atoms. The predicted octanol–water partition coefficient (Wildman–Crippen LogP) is 6.90. The van der Waals surface area contributed by atoms with E-state index in [-0.39, 0.29) is 22.9 Å². The zero-order chi connectivity index (χ0) is 26.6. The van der Waals surface area contributed by atoms with Crippen molar-refractivity contribution in [3.05, 3.63) is 99.1 Å². The molecule has 5 nitrogen and oxygen atoms in total. The quantitative estimate of drug-likeness (QED) is 0.234. The highest BCUT2D eigenvalue weighted by Gasteiger charge is 2.47. The lowest BCUT2D eigenvalue weighted by atomic mass is 9.85. The summed E-state index contributed by atoms with van der Waals surface area (Å²) in [6, 6.07) is 17.7. The van der Waals surface area contributed by atoms with Crippen LogP contribution in [0.15, 0.2) is 66.2 Å². The van der Waals surface area contributed by atoms with Crippen LogP contribution in [0.4, 0.5) is 5.69 Å². The van der Waals surface area contributed by atoms with Crippen molar-refractivity contribution >= 4 is 34.7 Å². The molecule has 0 aromatic heterocycles. The van der Waals surface area contributed by atoms with Gasteiger partial charge in [-0.1, -0.05) is 62.7 Å². The fraction of sp³-hybridized carbons (Fsp3) is 0.290. The molecule has 1 fully saturated rings. The van der Waals surface area contributed by atoms with Crippen molar-refractivity contribution in [1.82, 2.24) is 0 Å². The molecule has 2 atom stereocenters. The van der Waals surface area contributed by atoms with E-state index in [4.69, 9.17) is 16.3 Å². The smallest absolute Gasteiger partial charge is 0.300 e. The minimum absolute atomic E-state index is 0.0468. The topological polar surface area (TPSA) is 66.8 Å². The number of hydrogen-bond donors (Lipinski definition) is 1. The van der Waals surface area contributed by atoms with Crippen LogP contribution in [0.25, 0.3) is 5.76 Å². The molecule has 2 unspecified atom stereocenters. The number of Topliss-reactive ketones (excluding diaryl/α,β-unsaturated/α-hetero) is 1. The number of ketones is 1. The highest BCUT2D eigenvalue weighted by Crippen LogP contribution is 2.44. The number of anilines is 1. The maximum Gasteiger partial charge on any atom is 0.300 e. The lowest BCUT2D eigenvalue weighted by molar-refractivity contribution is -0.132. The number of rotatable bonds is 3. The van der Waals surface area contributed by atoms with Crippen LogP contribution in [-0.4, -0.2) is 22.9 Å². The number of fused-ring (bicyclic) bond motifs is 1. The van der Waals surface area contributed by atoms with Gasteiger partial charge < -0.3 is 9.84 Å². The third kappa shape index (κ3) is 4.42. The van der Waals surface area contributed by atoms with Crippen LogP contribution in [0, 0.1) is 6.92 Å². The molecule has 1 amide bonds. The van der Waals surface area contributed by atoms with Gasteiger partial charge in [-0.2, -0.15) is 0 Å². The summed E-state index contributed by atoms with van der Waals surface area (Å²) in [4.78, 5) is 28.4. The molecule has 0 bridgehead atoms. The number of nitrogens with zero attached hydrogens (tertiary/aromatic N) is 1. The molecule has 0 saturated carbocycles. The molecule has 6 heteroatoms. The highest BCUT2D eigenvalue weighted by molar-refractivity contribution is 6.51. The maximum atomic E-state index is 13.5. The van der Waals surface area contributed by atoms with Gasteiger partial charge in [0, 0.05) is 22.7 Å². The molecular formula is C31H30ClNO4. The summed E-state index contributed by atoms with van der Waals surface area (Å²) < 4.78 is 5.79. The highest BCUT2D eigenvalue weighted by atomic mass is 35.5. The second-order valence-corrected chi connectivity index (χ2v) is 11.3. The summed E-state index contributed by atoms with van der Waals surface area (Å²) >= 11 is 6.41. The Morgan fingerprint density at radius 3 is 2.38 bits per heavy atom. The summed E-state index contributed by atoms with van der Waals surface area (Å²) in [5.74, 6) is -0.867. The summed E-state index contributed by atoms with van der Waals surface area (Å²) in [6.45, 7) is 10.2. The van der Waals surface area contributed by atoms with Crippen molar-refractivity contribution in [1.29, 1.82) is 0 Å². The summed E-state index contributed by atoms with van der Waals surface area (Å²) in [5.41, 5.74) is 4.64. The lowest BCUT2D eigenvalue weighted by Gasteiger charge is -2.27. The summed E-state index contributed by atoms with van der Waals surface area (Å²) in [5, 5.41) is 12.0. The summed E-state index contributed by atoms with van der Waals surface area (Å²) in [6.07, 6.45) is 0.759. The average molecular weight is 516 g/mol. The van der Waals surface area contributed by atoms with Gasteiger partial charge in [0.1, 0.15) is 17.6 Å². The fourth-order valence-corrected chi connectivity index (χ4v) is 5.21. The number of hydrogen-bond acceptors (Lipinski definition) is 4. The molecule has 2 aliphatic heterocycles. The maximum absolute atomic E-state index is 13.5. The Balaban J connectivity index is 1.69. The molecule has 0 radical (unpaired) electrons. The van der Waals surface area contributed by atoms with Crippen LogP contribution in [0.2, 0.25) is 5.02 Å². The van der Waals surface area contributed by atoms with Gasteiger partial charge in [0.25, 0.3) is 11.7 Å². The van der Waals surface area contributed by atoms with E-state index >= 15 is 0 Å². The first-order valence-corrected chi connectivity index (χ1v) is 12.8. The Morgan fingerprint density at radius 2 is 1.73 bits per heavy atom. The monoisotopic (exact) mass is 515 g/mol. The van der Waals surface area contributed by atoms with Crippen LogP contribution < -0.4 is 9.64 Å². The van der Waals surface area contributed by atoms with Gasteiger partial charge in [-0.15, -0.1) is 0 Å². The number of ether oxygens (including phenoxy) is 1. The van der Waals surface area contributed by atoms with Crippen molar-refractivity contribution in [3.8, 4) is 5.75 Å². The van der Waals surface area contributed by atoms with E-state index in [0.29, 0.717) is 22.7 Å². The van der Waals surface area contributed by atoms with Gasteiger partial charge in [0.05, 0.1) is 11.6 Å². The number of carbonyl (C=O) groups excluding carboxylic acids is 2. The van der Waals surface area contributed by atoms with E-state index in [2.05, 4.69) is 20.8 Å². The third-order valence-corrected chi connectivity index (χ3v) is 7.55. The number of carbonyl (C=O) groups is 2. The zero-order valence-corrected chi connectivity index (χ0v) is 22.4. The Morgan fingerprint density at radius 1 is 1.03 bits per heavy atom. The number of aliphatic hydroxyl groups excluding tert-OH is 1. The molecule has 2 aliphatic rings. The number of halogens is 1. The average Bonchev–Trinajstić information content (AvgIpc) is 3.35. The zero-order valence-electron chi connectivity index (χ0n) is 21.6. The molecule has 1 N–H and O–H groups in total. The van der Waals surface area contributed by atoms with E-state index in [1.165, 1.54) is 4.90 Å². The molecule has 0 spiro atoms. The van der Waals surface area contributed by atoms with Crippen LogP contribution in [0.5, 0.6) is 5.75 Å². The molecular weight excluding hydrogens is 486 g/mol. The fourth-order valence-electron chi connectivity index (χ4n) is 5.04. The standard InChI is InChI=1S/C31H30ClNO4/c1-17-6-12-23(16-24(17)32)33-27(19-7-10-22(11-8-19)31(3,4)5)26(29(35)30(33)36)28(34)20-9-13-25-21(15-20)14-18(2)37-25/h6-13,15-16,18,27,34H,14H2,1-5H3/b28-26-. The first-order valence-electron chi connectivity index (χ1n) is 12.4. The van der Waals surface area contributed by atoms with Gasteiger partial charge in [-0.3, -0.25) is 14.5 Å².